The average molecular weight is 458 g/mol. The van der Waals surface area contributed by atoms with Crippen molar-refractivity contribution >= 4 is 15.8 Å². The molecule has 1 saturated carbocycles. The lowest BCUT2D eigenvalue weighted by Gasteiger charge is -2.40. The molecule has 4 rings (SSSR count). The van der Waals surface area contributed by atoms with Gasteiger partial charge in [0.25, 0.3) is 0 Å². The Labute approximate surface area is 192 Å². The Bertz CT molecular complexity index is 975. The molecule has 1 unspecified atom stereocenters. The molecule has 1 aromatic carbocycles. The van der Waals surface area contributed by atoms with Crippen molar-refractivity contribution in [3.63, 3.8) is 0 Å². The van der Waals surface area contributed by atoms with Crippen LogP contribution in [0.4, 0.5) is 5.82 Å². The number of nitrogens with zero attached hydrogens (tertiary/aromatic N) is 2. The van der Waals surface area contributed by atoms with Crippen LogP contribution < -0.4 is 9.62 Å². The van der Waals surface area contributed by atoms with Crippen LogP contribution in [0.2, 0.25) is 0 Å². The predicted molar refractivity (Wildman–Crippen MR) is 128 cm³/mol. The van der Waals surface area contributed by atoms with Gasteiger partial charge in [-0.3, -0.25) is 0 Å². The zero-order valence-corrected chi connectivity index (χ0v) is 19.9. The van der Waals surface area contributed by atoms with Gasteiger partial charge in [-0.25, -0.2) is 18.1 Å². The number of benzene rings is 1. The van der Waals surface area contributed by atoms with Crippen LogP contribution in [0.3, 0.4) is 0 Å². The molecule has 0 amide bonds. The average Bonchev–Trinajstić information content (AvgIpc) is 2.78. The molecule has 32 heavy (non-hydrogen) atoms. The number of pyridine rings is 1. The number of piperidine rings is 1. The molecule has 7 heteroatoms. The summed E-state index contributed by atoms with van der Waals surface area (Å²) in [6, 6.07) is 14.7. The molecule has 2 fully saturated rings. The van der Waals surface area contributed by atoms with E-state index in [0.717, 1.165) is 51.0 Å². The molecule has 6 nitrogen and oxygen atoms in total. The maximum absolute atomic E-state index is 11.9. The van der Waals surface area contributed by atoms with Gasteiger partial charge in [-0.05, 0) is 68.2 Å². The highest BCUT2D eigenvalue weighted by atomic mass is 32.2. The minimum Gasteiger partial charge on any atom is -0.378 e. The van der Waals surface area contributed by atoms with Crippen LogP contribution in [0, 0.1) is 12.8 Å². The molecule has 1 saturated heterocycles. The molecule has 1 aliphatic carbocycles. The fourth-order valence-corrected chi connectivity index (χ4v) is 5.94. The van der Waals surface area contributed by atoms with E-state index in [1.165, 1.54) is 17.4 Å². The molecule has 0 spiro atoms. The lowest BCUT2D eigenvalue weighted by atomic mass is 9.82. The normalized spacial score (nSPS) is 26.8. The standard InChI is InChI=1S/C25H35N3O3S/c1-19-12-14-26-25(16-19)28-15-13-24(27-32(2,29)30)22(17-28)18-31-23-10-8-21(9-11-23)20-6-4-3-5-7-20/h3-7,12,14,16,21-24,27H,8-11,13,15,17-18H2,1-2H3/t21?,22-,23?,24?/m0/s1. The van der Waals surface area contributed by atoms with Crippen LogP contribution in [0.15, 0.2) is 48.7 Å². The van der Waals surface area contributed by atoms with Gasteiger partial charge in [-0.2, -0.15) is 0 Å². The van der Waals surface area contributed by atoms with Crippen molar-refractivity contribution in [2.75, 3.05) is 30.9 Å². The van der Waals surface area contributed by atoms with Gasteiger partial charge in [-0.1, -0.05) is 30.3 Å². The summed E-state index contributed by atoms with van der Waals surface area (Å²) in [6.07, 6.45) is 8.47. The number of nitrogens with one attached hydrogen (secondary N) is 1. The quantitative estimate of drug-likeness (QED) is 0.683. The Morgan fingerprint density at radius 1 is 1.09 bits per heavy atom. The van der Waals surface area contributed by atoms with Gasteiger partial charge < -0.3 is 9.64 Å². The zero-order valence-electron chi connectivity index (χ0n) is 19.1. The van der Waals surface area contributed by atoms with Crippen molar-refractivity contribution in [1.29, 1.82) is 0 Å². The molecule has 0 bridgehead atoms. The molecule has 2 aromatic rings. The first-order valence-corrected chi connectivity index (χ1v) is 13.6. The Hall–Kier alpha value is -1.96. The summed E-state index contributed by atoms with van der Waals surface area (Å²) in [5.74, 6) is 1.66. The maximum Gasteiger partial charge on any atom is 0.208 e. The highest BCUT2D eigenvalue weighted by Crippen LogP contribution is 2.34. The minimum atomic E-state index is -3.27. The molecule has 1 N–H and O–H groups in total. The smallest absolute Gasteiger partial charge is 0.208 e. The highest BCUT2D eigenvalue weighted by molar-refractivity contribution is 7.88. The Balaban J connectivity index is 1.36. The second-order valence-electron chi connectivity index (χ2n) is 9.40. The number of anilines is 1. The van der Waals surface area contributed by atoms with Crippen LogP contribution in [0.25, 0.3) is 0 Å². The van der Waals surface area contributed by atoms with Gasteiger partial charge in [0.15, 0.2) is 0 Å². The molecule has 1 aromatic heterocycles. The number of hydrogen-bond donors (Lipinski definition) is 1. The van der Waals surface area contributed by atoms with Crippen molar-refractivity contribution in [1.82, 2.24) is 9.71 Å². The summed E-state index contributed by atoms with van der Waals surface area (Å²) in [6.45, 7) is 4.15. The van der Waals surface area contributed by atoms with E-state index in [1.54, 1.807) is 0 Å². The van der Waals surface area contributed by atoms with Crippen LogP contribution >= 0.6 is 0 Å². The zero-order chi connectivity index (χ0) is 22.6. The molecule has 1 aliphatic heterocycles. The van der Waals surface area contributed by atoms with E-state index >= 15 is 0 Å². The topological polar surface area (TPSA) is 71.5 Å². The van der Waals surface area contributed by atoms with Crippen LogP contribution in [-0.4, -0.2) is 51.5 Å². The van der Waals surface area contributed by atoms with Gasteiger partial charge in [0, 0.05) is 31.2 Å². The third kappa shape index (κ3) is 6.30. The van der Waals surface area contributed by atoms with Crippen LogP contribution in [0.5, 0.6) is 0 Å². The summed E-state index contributed by atoms with van der Waals surface area (Å²) in [5.41, 5.74) is 2.60. The van der Waals surface area contributed by atoms with Gasteiger partial charge in [0.2, 0.25) is 10.0 Å². The molecule has 2 aliphatic rings. The first kappa shape index (κ1) is 23.2. The second-order valence-corrected chi connectivity index (χ2v) is 11.2. The molecule has 174 valence electrons. The fraction of sp³-hybridized carbons (Fsp3) is 0.560. The molecule has 0 radical (unpaired) electrons. The lowest BCUT2D eigenvalue weighted by molar-refractivity contribution is -0.00213. The number of sulfonamides is 1. The SMILES string of the molecule is Cc1ccnc(N2CCC(NS(C)(=O)=O)[C@H](COC3CCC(c4ccccc4)CC3)C2)c1. The third-order valence-corrected chi connectivity index (χ3v) is 7.55. The summed E-state index contributed by atoms with van der Waals surface area (Å²) in [4.78, 5) is 6.79. The number of aryl methyl sites for hydroxylation is 1. The Morgan fingerprint density at radius 3 is 2.53 bits per heavy atom. The van der Waals surface area contributed by atoms with E-state index < -0.39 is 10.0 Å². The number of hydrogen-bond acceptors (Lipinski definition) is 5. The predicted octanol–water partition coefficient (Wildman–Crippen LogP) is 3.88. The van der Waals surface area contributed by atoms with E-state index in [1.807, 2.05) is 12.3 Å². The van der Waals surface area contributed by atoms with Gasteiger partial charge in [-0.15, -0.1) is 0 Å². The molecule has 2 atom stereocenters. The van der Waals surface area contributed by atoms with E-state index in [9.17, 15) is 8.42 Å². The van der Waals surface area contributed by atoms with Crippen LogP contribution in [-0.2, 0) is 14.8 Å². The van der Waals surface area contributed by atoms with E-state index in [-0.39, 0.29) is 18.1 Å². The second kappa shape index (κ2) is 10.3. The van der Waals surface area contributed by atoms with Crippen molar-refractivity contribution < 1.29 is 13.2 Å². The van der Waals surface area contributed by atoms with Gasteiger partial charge in [0.1, 0.15) is 5.82 Å². The molecular formula is C25H35N3O3S. The Kier molecular flexibility index (Phi) is 7.48. The Morgan fingerprint density at radius 2 is 1.84 bits per heavy atom. The first-order valence-electron chi connectivity index (χ1n) is 11.7. The van der Waals surface area contributed by atoms with Gasteiger partial charge in [0.05, 0.1) is 19.0 Å². The summed E-state index contributed by atoms with van der Waals surface area (Å²) >= 11 is 0. The maximum atomic E-state index is 11.9. The number of rotatable bonds is 7. The van der Waals surface area contributed by atoms with Crippen molar-refractivity contribution in [2.24, 2.45) is 5.92 Å². The monoisotopic (exact) mass is 457 g/mol. The fourth-order valence-electron chi connectivity index (χ4n) is 5.08. The van der Waals surface area contributed by atoms with Crippen molar-refractivity contribution in [2.45, 2.75) is 57.1 Å². The summed E-state index contributed by atoms with van der Waals surface area (Å²) in [5, 5.41) is 0. The van der Waals surface area contributed by atoms with Crippen LogP contribution in [0.1, 0.15) is 49.1 Å². The summed E-state index contributed by atoms with van der Waals surface area (Å²) in [7, 11) is -3.27. The molecule has 2 heterocycles. The minimum absolute atomic E-state index is 0.0904. The van der Waals surface area contributed by atoms with Gasteiger partial charge >= 0.3 is 0 Å². The number of aromatic nitrogens is 1. The summed E-state index contributed by atoms with van der Waals surface area (Å²) < 4.78 is 33.1. The van der Waals surface area contributed by atoms with E-state index in [0.29, 0.717) is 12.5 Å². The molecular weight excluding hydrogens is 422 g/mol. The third-order valence-electron chi connectivity index (χ3n) is 6.82. The number of ether oxygens (including phenoxy) is 1. The van der Waals surface area contributed by atoms with Crippen molar-refractivity contribution in [3.8, 4) is 0 Å². The largest absolute Gasteiger partial charge is 0.378 e. The van der Waals surface area contributed by atoms with Crippen molar-refractivity contribution in [3.05, 3.63) is 59.8 Å². The lowest BCUT2D eigenvalue weighted by Crippen LogP contribution is -2.52. The highest BCUT2D eigenvalue weighted by Gasteiger charge is 2.33. The van der Waals surface area contributed by atoms with E-state index in [2.05, 4.69) is 57.9 Å². The van der Waals surface area contributed by atoms with E-state index in [4.69, 9.17) is 4.74 Å². The first-order chi connectivity index (χ1) is 15.4.